The van der Waals surface area contributed by atoms with Gasteiger partial charge in [0.25, 0.3) is 0 Å². The zero-order valence-electron chi connectivity index (χ0n) is 12.1. The van der Waals surface area contributed by atoms with Gasteiger partial charge < -0.3 is 10.6 Å². The van der Waals surface area contributed by atoms with Crippen LogP contribution in [-0.2, 0) is 14.8 Å². The van der Waals surface area contributed by atoms with E-state index in [9.17, 15) is 17.6 Å². The van der Waals surface area contributed by atoms with Gasteiger partial charge in [-0.1, -0.05) is 6.92 Å². The first kappa shape index (κ1) is 17.5. The number of carbonyl (C=O) groups excluding carboxylic acids is 1. The summed E-state index contributed by atoms with van der Waals surface area (Å²) < 4.78 is 40.1. The largest absolute Gasteiger partial charge is 0.326 e. The Balaban J connectivity index is 2.72. The smallest absolute Gasteiger partial charge is 0.243 e. The second-order valence-electron chi connectivity index (χ2n) is 4.47. The fraction of sp³-hybridized carbons (Fsp3) is 0.462. The van der Waals surface area contributed by atoms with E-state index in [2.05, 4.69) is 15.4 Å². The lowest BCUT2D eigenvalue weighted by Crippen LogP contribution is -2.32. The normalized spacial score (nSPS) is 11.4. The van der Waals surface area contributed by atoms with E-state index in [1.54, 1.807) is 0 Å². The van der Waals surface area contributed by atoms with Crippen LogP contribution in [0.15, 0.2) is 23.1 Å². The molecule has 1 amide bonds. The van der Waals surface area contributed by atoms with Gasteiger partial charge in [0.2, 0.25) is 15.9 Å². The number of nitrogens with one attached hydrogen (secondary N) is 3. The minimum absolute atomic E-state index is 0.176. The molecule has 8 heteroatoms. The van der Waals surface area contributed by atoms with Crippen LogP contribution in [-0.4, -0.2) is 34.0 Å². The van der Waals surface area contributed by atoms with Gasteiger partial charge in [-0.25, -0.2) is 17.5 Å². The van der Waals surface area contributed by atoms with Crippen molar-refractivity contribution >= 4 is 21.6 Å². The van der Waals surface area contributed by atoms with Gasteiger partial charge in [0.15, 0.2) is 0 Å². The number of carbonyl (C=O) groups is 1. The molecule has 6 nitrogen and oxygen atoms in total. The lowest BCUT2D eigenvalue weighted by molar-refractivity contribution is -0.114. The molecule has 0 fully saturated rings. The molecule has 0 saturated heterocycles. The Bertz CT molecular complexity index is 590. The van der Waals surface area contributed by atoms with E-state index in [-0.39, 0.29) is 18.1 Å². The molecule has 0 heterocycles. The maximum absolute atomic E-state index is 13.8. The van der Waals surface area contributed by atoms with Gasteiger partial charge in [-0.15, -0.1) is 0 Å². The maximum atomic E-state index is 13.8. The number of hydrogen-bond donors (Lipinski definition) is 3. The molecular weight excluding hydrogens is 297 g/mol. The minimum atomic E-state index is -3.90. The van der Waals surface area contributed by atoms with Gasteiger partial charge in [-0.05, 0) is 31.2 Å². The monoisotopic (exact) mass is 317 g/mol. The van der Waals surface area contributed by atoms with Crippen LogP contribution in [0.25, 0.3) is 0 Å². The predicted molar refractivity (Wildman–Crippen MR) is 79.1 cm³/mol. The quantitative estimate of drug-likeness (QED) is 0.626. The van der Waals surface area contributed by atoms with E-state index >= 15 is 0 Å². The number of rotatable bonds is 8. The topological polar surface area (TPSA) is 87.3 Å². The fourth-order valence-corrected chi connectivity index (χ4v) is 2.74. The number of benzene rings is 1. The van der Waals surface area contributed by atoms with E-state index in [1.807, 2.05) is 6.92 Å². The lowest BCUT2D eigenvalue weighted by atomic mass is 10.3. The third-order valence-electron chi connectivity index (χ3n) is 2.56. The SMILES string of the molecule is CCCNCCNS(=O)(=O)c1ccc(NC(C)=O)cc1F. The molecule has 0 unspecified atom stereocenters. The second-order valence-corrected chi connectivity index (χ2v) is 6.21. The summed E-state index contributed by atoms with van der Waals surface area (Å²) in [4.78, 5) is 10.4. The van der Waals surface area contributed by atoms with Crippen LogP contribution >= 0.6 is 0 Å². The van der Waals surface area contributed by atoms with Gasteiger partial charge in [0, 0.05) is 25.7 Å². The van der Waals surface area contributed by atoms with Gasteiger partial charge in [-0.2, -0.15) is 0 Å². The number of sulfonamides is 1. The van der Waals surface area contributed by atoms with Gasteiger partial charge in [-0.3, -0.25) is 4.79 Å². The van der Waals surface area contributed by atoms with Crippen LogP contribution in [0.2, 0.25) is 0 Å². The Morgan fingerprint density at radius 2 is 1.95 bits per heavy atom. The molecule has 0 atom stereocenters. The van der Waals surface area contributed by atoms with Gasteiger partial charge >= 0.3 is 0 Å². The molecule has 1 aromatic rings. The van der Waals surface area contributed by atoms with Crippen molar-refractivity contribution in [2.75, 3.05) is 25.0 Å². The summed E-state index contributed by atoms with van der Waals surface area (Å²) in [5.74, 6) is -1.26. The molecule has 21 heavy (non-hydrogen) atoms. The highest BCUT2D eigenvalue weighted by molar-refractivity contribution is 7.89. The average Bonchev–Trinajstić information content (AvgIpc) is 2.37. The van der Waals surface area contributed by atoms with E-state index in [0.29, 0.717) is 6.54 Å². The van der Waals surface area contributed by atoms with E-state index < -0.39 is 20.7 Å². The predicted octanol–water partition coefficient (Wildman–Crippen LogP) is 1.06. The molecule has 3 N–H and O–H groups in total. The van der Waals surface area contributed by atoms with Gasteiger partial charge in [0.1, 0.15) is 10.7 Å². The van der Waals surface area contributed by atoms with Crippen LogP contribution in [0.1, 0.15) is 20.3 Å². The Morgan fingerprint density at radius 1 is 1.24 bits per heavy atom. The highest BCUT2D eigenvalue weighted by atomic mass is 32.2. The Kier molecular flexibility index (Phi) is 6.73. The fourth-order valence-electron chi connectivity index (χ4n) is 1.65. The zero-order valence-corrected chi connectivity index (χ0v) is 12.9. The summed E-state index contributed by atoms with van der Waals surface area (Å²) >= 11 is 0. The van der Waals surface area contributed by atoms with Crippen molar-refractivity contribution in [3.05, 3.63) is 24.0 Å². The summed E-state index contributed by atoms with van der Waals surface area (Å²) in [6, 6.07) is 3.45. The first-order chi connectivity index (χ1) is 9.86. The molecule has 0 aliphatic rings. The van der Waals surface area contributed by atoms with Crippen LogP contribution < -0.4 is 15.4 Å². The first-order valence-electron chi connectivity index (χ1n) is 6.64. The van der Waals surface area contributed by atoms with E-state index in [1.165, 1.54) is 13.0 Å². The van der Waals surface area contributed by atoms with Crippen LogP contribution in [0.3, 0.4) is 0 Å². The van der Waals surface area contributed by atoms with Crippen molar-refractivity contribution in [1.82, 2.24) is 10.0 Å². The highest BCUT2D eigenvalue weighted by Crippen LogP contribution is 2.18. The summed E-state index contributed by atoms with van der Waals surface area (Å²) in [5, 5.41) is 5.42. The molecule has 1 aromatic carbocycles. The van der Waals surface area contributed by atoms with Crippen LogP contribution in [0.4, 0.5) is 10.1 Å². The molecule has 0 aliphatic heterocycles. The molecule has 118 valence electrons. The van der Waals surface area contributed by atoms with Crippen molar-refractivity contribution in [1.29, 1.82) is 0 Å². The standard InChI is InChI=1S/C13H20FN3O3S/c1-3-6-15-7-8-16-21(19,20)13-5-4-11(9-12(13)14)17-10(2)18/h4-5,9,15-16H,3,6-8H2,1-2H3,(H,17,18). The van der Waals surface area contributed by atoms with Crippen molar-refractivity contribution in [2.45, 2.75) is 25.2 Å². The van der Waals surface area contributed by atoms with E-state index in [0.717, 1.165) is 25.1 Å². The van der Waals surface area contributed by atoms with Crippen LogP contribution in [0.5, 0.6) is 0 Å². The lowest BCUT2D eigenvalue weighted by Gasteiger charge is -2.09. The molecule has 0 bridgehead atoms. The molecule has 0 radical (unpaired) electrons. The third kappa shape index (κ3) is 5.78. The summed E-state index contributed by atoms with van der Waals surface area (Å²) in [6.45, 7) is 4.73. The number of hydrogen-bond acceptors (Lipinski definition) is 4. The third-order valence-corrected chi connectivity index (χ3v) is 4.06. The zero-order chi connectivity index (χ0) is 15.9. The summed E-state index contributed by atoms with van der Waals surface area (Å²) in [6.07, 6.45) is 0.950. The maximum Gasteiger partial charge on any atom is 0.243 e. The van der Waals surface area contributed by atoms with Crippen LogP contribution in [0, 0.1) is 5.82 Å². The minimum Gasteiger partial charge on any atom is -0.326 e. The molecule has 0 saturated carbocycles. The summed E-state index contributed by atoms with van der Waals surface area (Å²) in [7, 11) is -3.90. The number of halogens is 1. The van der Waals surface area contributed by atoms with E-state index in [4.69, 9.17) is 0 Å². The molecule has 0 spiro atoms. The number of anilines is 1. The molecule has 0 aromatic heterocycles. The van der Waals surface area contributed by atoms with Gasteiger partial charge in [0.05, 0.1) is 0 Å². The molecule has 1 rings (SSSR count). The Labute approximate surface area is 124 Å². The van der Waals surface area contributed by atoms with Crippen molar-refractivity contribution in [3.8, 4) is 0 Å². The highest BCUT2D eigenvalue weighted by Gasteiger charge is 2.18. The molecular formula is C13H20FN3O3S. The Morgan fingerprint density at radius 3 is 2.52 bits per heavy atom. The van der Waals surface area contributed by atoms with Crippen molar-refractivity contribution in [2.24, 2.45) is 0 Å². The number of amides is 1. The Hall–Kier alpha value is -1.51. The van der Waals surface area contributed by atoms with Crippen molar-refractivity contribution < 1.29 is 17.6 Å². The second kappa shape index (κ2) is 8.06. The summed E-state index contributed by atoms with van der Waals surface area (Å²) in [5.41, 5.74) is 0.212. The first-order valence-corrected chi connectivity index (χ1v) is 8.12. The average molecular weight is 317 g/mol. The molecule has 0 aliphatic carbocycles. The van der Waals surface area contributed by atoms with Crippen molar-refractivity contribution in [3.63, 3.8) is 0 Å².